The van der Waals surface area contributed by atoms with Crippen molar-refractivity contribution in [2.75, 3.05) is 36.8 Å². The number of allylic oxidation sites excluding steroid dienone is 1. The minimum atomic E-state index is -0.318. The van der Waals surface area contributed by atoms with Gasteiger partial charge in [-0.05, 0) is 54.8 Å². The summed E-state index contributed by atoms with van der Waals surface area (Å²) in [4.78, 5) is 17.0. The Balaban J connectivity index is 1.33. The summed E-state index contributed by atoms with van der Waals surface area (Å²) < 4.78 is 21.3. The first-order valence-corrected chi connectivity index (χ1v) is 13.6. The van der Waals surface area contributed by atoms with Crippen molar-refractivity contribution in [1.82, 2.24) is 19.7 Å². The molecule has 0 bridgehead atoms. The van der Waals surface area contributed by atoms with Crippen LogP contribution in [0.25, 0.3) is 0 Å². The Labute approximate surface area is 222 Å². The molecule has 0 aliphatic carbocycles. The van der Waals surface area contributed by atoms with E-state index in [9.17, 15) is 9.18 Å². The second kappa shape index (κ2) is 12.3. The summed E-state index contributed by atoms with van der Waals surface area (Å²) in [6.07, 6.45) is 1.47. The Kier molecular flexibility index (Phi) is 8.87. The molecule has 1 saturated heterocycles. The highest BCUT2D eigenvalue weighted by Crippen LogP contribution is 2.26. The first-order valence-electron chi connectivity index (χ1n) is 12.6. The molecule has 1 unspecified atom stereocenters. The first kappa shape index (κ1) is 26.7. The van der Waals surface area contributed by atoms with Crippen molar-refractivity contribution in [3.8, 4) is 5.75 Å². The summed E-state index contributed by atoms with van der Waals surface area (Å²) >= 11 is 1.38. The maximum Gasteiger partial charge on any atom is 0.233 e. The highest BCUT2D eigenvalue weighted by Gasteiger charge is 2.24. The number of aromatic nitrogens is 3. The lowest BCUT2D eigenvalue weighted by atomic mass is 10.0. The number of nitrogens with zero attached hydrogens (tertiary/aromatic N) is 5. The van der Waals surface area contributed by atoms with Crippen LogP contribution in [0.5, 0.6) is 5.75 Å². The molecule has 1 fully saturated rings. The number of hydrogen-bond donors (Lipinski definition) is 0. The van der Waals surface area contributed by atoms with E-state index in [-0.39, 0.29) is 23.6 Å². The van der Waals surface area contributed by atoms with E-state index in [1.165, 1.54) is 29.5 Å². The quantitative estimate of drug-likeness (QED) is 0.265. The third-order valence-corrected chi connectivity index (χ3v) is 7.38. The van der Waals surface area contributed by atoms with Gasteiger partial charge in [0, 0.05) is 38.4 Å². The van der Waals surface area contributed by atoms with Gasteiger partial charge in [-0.1, -0.05) is 43.8 Å². The molecule has 0 radical (unpaired) electrons. The number of rotatable bonds is 10. The normalized spacial score (nSPS) is 14.6. The molecule has 1 amide bonds. The molecule has 1 aliphatic rings. The van der Waals surface area contributed by atoms with Crippen molar-refractivity contribution in [2.45, 2.75) is 44.5 Å². The highest BCUT2D eigenvalue weighted by molar-refractivity contribution is 7.99. The average molecular weight is 524 g/mol. The minimum Gasteiger partial charge on any atom is -0.483 e. The number of thioether (sulfide) groups is 1. The van der Waals surface area contributed by atoms with E-state index in [1.54, 1.807) is 18.2 Å². The van der Waals surface area contributed by atoms with E-state index < -0.39 is 0 Å². The van der Waals surface area contributed by atoms with Crippen molar-refractivity contribution in [2.24, 2.45) is 0 Å². The van der Waals surface area contributed by atoms with Gasteiger partial charge in [0.2, 0.25) is 5.91 Å². The SMILES string of the molecule is C=CCn1c(SCC(=O)N2CCN(c3ccc(F)cc3)CC2)nnc1C(C)Oc1ccc(C(C)C)cc1. The third kappa shape index (κ3) is 6.71. The smallest absolute Gasteiger partial charge is 0.233 e. The Morgan fingerprint density at radius 3 is 2.35 bits per heavy atom. The predicted octanol–water partition coefficient (Wildman–Crippen LogP) is 5.31. The predicted molar refractivity (Wildman–Crippen MR) is 146 cm³/mol. The Morgan fingerprint density at radius 1 is 1.05 bits per heavy atom. The fourth-order valence-electron chi connectivity index (χ4n) is 4.28. The van der Waals surface area contributed by atoms with Gasteiger partial charge >= 0.3 is 0 Å². The van der Waals surface area contributed by atoms with Gasteiger partial charge in [0.15, 0.2) is 17.1 Å². The van der Waals surface area contributed by atoms with Crippen LogP contribution in [-0.4, -0.2) is 57.5 Å². The van der Waals surface area contributed by atoms with Crippen LogP contribution in [0, 0.1) is 5.82 Å². The molecule has 1 aromatic heterocycles. The molecule has 1 atom stereocenters. The summed E-state index contributed by atoms with van der Waals surface area (Å²) in [5, 5.41) is 9.39. The minimum absolute atomic E-state index is 0.0630. The van der Waals surface area contributed by atoms with Crippen molar-refractivity contribution >= 4 is 23.4 Å². The van der Waals surface area contributed by atoms with Crippen LogP contribution in [-0.2, 0) is 11.3 Å². The zero-order valence-electron chi connectivity index (χ0n) is 21.6. The van der Waals surface area contributed by atoms with Gasteiger partial charge in [-0.25, -0.2) is 4.39 Å². The van der Waals surface area contributed by atoms with Crippen molar-refractivity contribution in [1.29, 1.82) is 0 Å². The van der Waals surface area contributed by atoms with Gasteiger partial charge in [0.05, 0.1) is 5.75 Å². The van der Waals surface area contributed by atoms with Gasteiger partial charge < -0.3 is 14.5 Å². The lowest BCUT2D eigenvalue weighted by Crippen LogP contribution is -2.49. The summed E-state index contributed by atoms with van der Waals surface area (Å²) in [6.45, 7) is 13.3. The molecular weight excluding hydrogens is 489 g/mol. The molecule has 3 aromatic rings. The zero-order valence-corrected chi connectivity index (χ0v) is 22.5. The maximum atomic E-state index is 13.2. The fourth-order valence-corrected chi connectivity index (χ4v) is 5.14. The largest absolute Gasteiger partial charge is 0.483 e. The first-order chi connectivity index (χ1) is 17.9. The molecule has 196 valence electrons. The standard InChI is InChI=1S/C28H34FN5O2S/c1-5-14-34-27(21(4)36-25-12-6-22(7-13-25)20(2)3)30-31-28(34)37-19-26(35)33-17-15-32(16-18-33)24-10-8-23(29)9-11-24/h5-13,20-21H,1,14-19H2,2-4H3. The number of halogens is 1. The third-order valence-electron chi connectivity index (χ3n) is 6.43. The topological polar surface area (TPSA) is 63.5 Å². The van der Waals surface area contributed by atoms with Gasteiger partial charge in [0.25, 0.3) is 0 Å². The molecule has 7 nitrogen and oxygen atoms in total. The molecule has 9 heteroatoms. The van der Waals surface area contributed by atoms with Crippen molar-refractivity contribution < 1.29 is 13.9 Å². The molecule has 4 rings (SSSR count). The molecule has 2 aromatic carbocycles. The Hall–Kier alpha value is -3.33. The monoisotopic (exact) mass is 523 g/mol. The van der Waals surface area contributed by atoms with E-state index in [4.69, 9.17) is 4.74 Å². The molecule has 0 N–H and O–H groups in total. The van der Waals surface area contributed by atoms with Crippen molar-refractivity contribution in [3.05, 3.63) is 78.4 Å². The van der Waals surface area contributed by atoms with Crippen LogP contribution in [0.1, 0.15) is 44.2 Å². The molecule has 37 heavy (non-hydrogen) atoms. The molecular formula is C28H34FN5O2S. The number of piperazine rings is 1. The summed E-state index contributed by atoms with van der Waals surface area (Å²) in [5.74, 6) is 2.02. The van der Waals surface area contributed by atoms with Crippen LogP contribution in [0.15, 0.2) is 66.3 Å². The Bertz CT molecular complexity index is 1190. The fraction of sp³-hybridized carbons (Fsp3) is 0.393. The number of hydrogen-bond acceptors (Lipinski definition) is 6. The second-order valence-corrected chi connectivity index (χ2v) is 10.3. The average Bonchev–Trinajstić information content (AvgIpc) is 3.31. The molecule has 0 saturated carbocycles. The number of benzene rings is 2. The van der Waals surface area contributed by atoms with Gasteiger partial charge in [-0.2, -0.15) is 0 Å². The van der Waals surface area contributed by atoms with Crippen LogP contribution in [0.2, 0.25) is 0 Å². The lowest BCUT2D eigenvalue weighted by molar-refractivity contribution is -0.128. The van der Waals surface area contributed by atoms with E-state index in [2.05, 4.69) is 47.7 Å². The number of amides is 1. The molecule has 0 spiro atoms. The van der Waals surface area contributed by atoms with Crippen LogP contribution in [0.3, 0.4) is 0 Å². The zero-order chi connectivity index (χ0) is 26.4. The van der Waals surface area contributed by atoms with Gasteiger partial charge in [0.1, 0.15) is 11.6 Å². The Morgan fingerprint density at radius 2 is 1.73 bits per heavy atom. The number of carbonyl (C=O) groups is 1. The lowest BCUT2D eigenvalue weighted by Gasteiger charge is -2.36. The summed E-state index contributed by atoms with van der Waals surface area (Å²) in [5.41, 5.74) is 2.23. The molecule has 1 aliphatic heterocycles. The summed E-state index contributed by atoms with van der Waals surface area (Å²) in [7, 11) is 0. The van der Waals surface area contributed by atoms with Gasteiger partial charge in [-0.3, -0.25) is 9.36 Å². The number of carbonyl (C=O) groups excluding carboxylic acids is 1. The number of ether oxygens (including phenoxy) is 1. The van der Waals surface area contributed by atoms with E-state index in [0.29, 0.717) is 49.6 Å². The molecule has 2 heterocycles. The number of anilines is 1. The van der Waals surface area contributed by atoms with Crippen LogP contribution in [0.4, 0.5) is 10.1 Å². The maximum absolute atomic E-state index is 13.2. The van der Waals surface area contributed by atoms with Crippen LogP contribution < -0.4 is 9.64 Å². The second-order valence-electron chi connectivity index (χ2n) is 9.36. The van der Waals surface area contributed by atoms with E-state index >= 15 is 0 Å². The van der Waals surface area contributed by atoms with Gasteiger partial charge in [-0.15, -0.1) is 16.8 Å². The highest BCUT2D eigenvalue weighted by atomic mass is 32.2. The van der Waals surface area contributed by atoms with Crippen LogP contribution >= 0.6 is 11.8 Å². The van der Waals surface area contributed by atoms with Crippen molar-refractivity contribution in [3.63, 3.8) is 0 Å². The van der Waals surface area contributed by atoms with E-state index in [1.807, 2.05) is 28.5 Å². The summed E-state index contributed by atoms with van der Waals surface area (Å²) in [6, 6.07) is 14.6. The van der Waals surface area contributed by atoms with E-state index in [0.717, 1.165) is 11.4 Å².